The lowest BCUT2D eigenvalue weighted by Crippen LogP contribution is -1.95. The van der Waals surface area contributed by atoms with Gasteiger partial charge >= 0.3 is 0 Å². The summed E-state index contributed by atoms with van der Waals surface area (Å²) in [6.45, 7) is 1.72. The predicted octanol–water partition coefficient (Wildman–Crippen LogP) is 3.19. The molecule has 1 aromatic carbocycles. The van der Waals surface area contributed by atoms with Gasteiger partial charge in [0.05, 0.1) is 0 Å². The van der Waals surface area contributed by atoms with Crippen LogP contribution in [0.4, 0.5) is 5.82 Å². The molecule has 3 rings (SSSR count). The van der Waals surface area contributed by atoms with Crippen molar-refractivity contribution >= 4 is 17.4 Å². The van der Waals surface area contributed by atoms with Crippen molar-refractivity contribution in [3.8, 4) is 0 Å². The molecule has 0 saturated carbocycles. The van der Waals surface area contributed by atoms with Crippen LogP contribution >= 0.6 is 0 Å². The molecule has 0 amide bonds. The van der Waals surface area contributed by atoms with E-state index in [2.05, 4.69) is 15.4 Å². The zero-order chi connectivity index (χ0) is 13.4. The Morgan fingerprint density at radius 1 is 1.21 bits per heavy atom. The Hall–Kier alpha value is -2.76. The average Bonchev–Trinajstić information content (AvgIpc) is 2.93. The van der Waals surface area contributed by atoms with Crippen LogP contribution in [-0.4, -0.2) is 16.0 Å². The number of carbonyl (C=O) groups is 1. The van der Waals surface area contributed by atoms with E-state index in [0.717, 1.165) is 0 Å². The van der Waals surface area contributed by atoms with Gasteiger partial charge in [0.15, 0.2) is 11.5 Å². The molecule has 1 heterocycles. The summed E-state index contributed by atoms with van der Waals surface area (Å²) in [4.78, 5) is 12.0. The topological polar surface area (TPSA) is 88.0 Å². The second-order valence-corrected chi connectivity index (χ2v) is 4.07. The Labute approximate surface area is 108 Å². The van der Waals surface area contributed by atoms with Crippen molar-refractivity contribution in [2.24, 2.45) is 10.2 Å². The van der Waals surface area contributed by atoms with Crippen LogP contribution in [0.25, 0.3) is 5.76 Å². The Morgan fingerprint density at radius 3 is 2.58 bits per heavy atom. The highest BCUT2D eigenvalue weighted by Crippen LogP contribution is 2.32. The molecule has 19 heavy (non-hydrogen) atoms. The average molecular weight is 255 g/mol. The number of hydrogen-bond acceptors (Lipinski definition) is 6. The molecule has 6 nitrogen and oxygen atoms in total. The maximum atomic E-state index is 12.0. The lowest BCUT2D eigenvalue weighted by Gasteiger charge is -1.94. The Kier molecular flexibility index (Phi) is 2.49. The molecule has 1 N–H and O–H groups in total. The van der Waals surface area contributed by atoms with Crippen LogP contribution in [0.2, 0.25) is 0 Å². The second kappa shape index (κ2) is 4.16. The fraction of sp³-hybridized carbons (Fsp3) is 0.0769. The van der Waals surface area contributed by atoms with E-state index < -0.39 is 0 Å². The molecule has 0 radical (unpaired) electrons. The summed E-state index contributed by atoms with van der Waals surface area (Å²) in [6, 6.07) is 8.34. The summed E-state index contributed by atoms with van der Waals surface area (Å²) < 4.78 is 4.83. The van der Waals surface area contributed by atoms with Gasteiger partial charge in [-0.15, -0.1) is 10.2 Å². The largest absolute Gasteiger partial charge is 0.505 e. The highest BCUT2D eigenvalue weighted by atomic mass is 16.5. The van der Waals surface area contributed by atoms with Gasteiger partial charge in [0.1, 0.15) is 5.76 Å². The number of aromatic nitrogens is 1. The third-order valence-electron chi connectivity index (χ3n) is 2.73. The third-order valence-corrected chi connectivity index (χ3v) is 2.73. The van der Waals surface area contributed by atoms with Crippen LogP contribution in [0.3, 0.4) is 0 Å². The third kappa shape index (κ3) is 1.83. The van der Waals surface area contributed by atoms with Gasteiger partial charge in [-0.2, -0.15) is 0 Å². The molecule has 1 aromatic heterocycles. The minimum Gasteiger partial charge on any atom is -0.505 e. The van der Waals surface area contributed by atoms with Crippen LogP contribution in [0, 0.1) is 6.92 Å². The van der Waals surface area contributed by atoms with Crippen molar-refractivity contribution in [1.82, 2.24) is 5.16 Å². The zero-order valence-corrected chi connectivity index (χ0v) is 9.99. The quantitative estimate of drug-likeness (QED) is 0.834. The number of hydrogen-bond donors (Lipinski definition) is 1. The van der Waals surface area contributed by atoms with Crippen LogP contribution in [0.15, 0.2) is 50.8 Å². The number of benzene rings is 1. The van der Waals surface area contributed by atoms with Gasteiger partial charge in [0.25, 0.3) is 0 Å². The van der Waals surface area contributed by atoms with Crippen LogP contribution < -0.4 is 0 Å². The number of aliphatic hydroxyl groups excluding tert-OH is 1. The summed E-state index contributed by atoms with van der Waals surface area (Å²) in [6.07, 6.45) is 0. The van der Waals surface area contributed by atoms with Gasteiger partial charge in [-0.25, -0.2) is 0 Å². The smallest absolute Gasteiger partial charge is 0.217 e. The highest BCUT2D eigenvalue weighted by Gasteiger charge is 2.29. The van der Waals surface area contributed by atoms with Crippen molar-refractivity contribution in [1.29, 1.82) is 0 Å². The van der Waals surface area contributed by atoms with Crippen LogP contribution in [0.1, 0.15) is 21.7 Å². The van der Waals surface area contributed by atoms with Crippen LogP contribution in [-0.2, 0) is 0 Å². The molecule has 0 spiro atoms. The molecule has 0 atom stereocenters. The molecule has 0 aliphatic heterocycles. The number of aliphatic hydroxyl groups is 1. The van der Waals surface area contributed by atoms with E-state index in [4.69, 9.17) is 4.52 Å². The fourth-order valence-electron chi connectivity index (χ4n) is 1.84. The van der Waals surface area contributed by atoms with Gasteiger partial charge in [0.2, 0.25) is 11.6 Å². The first kappa shape index (κ1) is 11.3. The summed E-state index contributed by atoms with van der Waals surface area (Å²) in [5, 5.41) is 21.1. The zero-order valence-electron chi connectivity index (χ0n) is 9.99. The van der Waals surface area contributed by atoms with E-state index in [1.54, 1.807) is 37.3 Å². The molecule has 1 aliphatic rings. The van der Waals surface area contributed by atoms with Gasteiger partial charge in [0, 0.05) is 17.2 Å². The molecular weight excluding hydrogens is 246 g/mol. The Balaban J connectivity index is 1.97. The van der Waals surface area contributed by atoms with E-state index in [0.29, 0.717) is 16.9 Å². The van der Waals surface area contributed by atoms with E-state index in [1.807, 2.05) is 0 Å². The van der Waals surface area contributed by atoms with Gasteiger partial charge in [-0.3, -0.25) is 4.79 Å². The molecule has 1 aliphatic carbocycles. The summed E-state index contributed by atoms with van der Waals surface area (Å²) in [5.74, 6) is 0.330. The Morgan fingerprint density at radius 2 is 1.95 bits per heavy atom. The first-order valence-electron chi connectivity index (χ1n) is 5.59. The molecule has 6 heteroatoms. The standard InChI is InChI=1S/C13H9N3O3/c1-7-6-10(16-19-7)14-15-11-12(17)8-4-2-3-5-9(8)13(11)18/h2-6,17H,1H3. The van der Waals surface area contributed by atoms with E-state index >= 15 is 0 Å². The Bertz CT molecular complexity index is 728. The van der Waals surface area contributed by atoms with E-state index in [9.17, 15) is 9.90 Å². The lowest BCUT2D eigenvalue weighted by molar-refractivity contribution is 0.103. The molecule has 0 unspecified atom stereocenters. The molecular formula is C13H9N3O3. The SMILES string of the molecule is Cc1cc(N=NC2=C(O)c3ccccc3C2=O)no1. The number of allylic oxidation sites excluding steroid dienone is 1. The fourth-order valence-corrected chi connectivity index (χ4v) is 1.84. The van der Waals surface area contributed by atoms with Gasteiger partial charge in [-0.1, -0.05) is 29.4 Å². The summed E-state index contributed by atoms with van der Waals surface area (Å²) in [7, 11) is 0. The molecule has 0 fully saturated rings. The number of ketones is 1. The molecule has 0 saturated heterocycles. The normalized spacial score (nSPS) is 14.5. The molecule has 94 valence electrons. The highest BCUT2D eigenvalue weighted by molar-refractivity contribution is 6.19. The van der Waals surface area contributed by atoms with Crippen molar-refractivity contribution in [2.45, 2.75) is 6.92 Å². The number of aryl methyl sites for hydroxylation is 1. The van der Waals surface area contributed by atoms with Crippen molar-refractivity contribution < 1.29 is 14.4 Å². The van der Waals surface area contributed by atoms with Crippen molar-refractivity contribution in [3.05, 3.63) is 52.9 Å². The summed E-state index contributed by atoms with van der Waals surface area (Å²) in [5.41, 5.74) is 0.810. The number of fused-ring (bicyclic) bond motifs is 1. The number of azo groups is 1. The maximum absolute atomic E-state index is 12.0. The van der Waals surface area contributed by atoms with Gasteiger partial charge < -0.3 is 9.63 Å². The number of Topliss-reactive ketones (excluding diaryl/α,β-unsaturated/α-hetero) is 1. The van der Waals surface area contributed by atoms with E-state index in [1.165, 1.54) is 0 Å². The predicted molar refractivity (Wildman–Crippen MR) is 66.1 cm³/mol. The van der Waals surface area contributed by atoms with Crippen molar-refractivity contribution in [2.75, 3.05) is 0 Å². The molecule has 0 bridgehead atoms. The number of rotatable bonds is 2. The van der Waals surface area contributed by atoms with Gasteiger partial charge in [-0.05, 0) is 6.92 Å². The number of carbonyl (C=O) groups excluding carboxylic acids is 1. The lowest BCUT2D eigenvalue weighted by atomic mass is 10.1. The first-order valence-corrected chi connectivity index (χ1v) is 5.59. The first-order chi connectivity index (χ1) is 9.16. The second-order valence-electron chi connectivity index (χ2n) is 4.07. The number of nitrogens with zero attached hydrogens (tertiary/aromatic N) is 3. The maximum Gasteiger partial charge on any atom is 0.217 e. The monoisotopic (exact) mass is 255 g/mol. The molecule has 2 aromatic rings. The minimum atomic E-state index is -0.350. The summed E-state index contributed by atoms with van der Waals surface area (Å²) >= 11 is 0. The van der Waals surface area contributed by atoms with Crippen molar-refractivity contribution in [3.63, 3.8) is 0 Å². The van der Waals surface area contributed by atoms with E-state index in [-0.39, 0.29) is 23.1 Å². The van der Waals surface area contributed by atoms with Crippen LogP contribution in [0.5, 0.6) is 0 Å². The minimum absolute atomic E-state index is 0.0816.